The normalized spacial score (nSPS) is 16.4. The molecule has 0 aliphatic carbocycles. The highest BCUT2D eigenvalue weighted by atomic mass is 16.5. The molecule has 1 aliphatic heterocycles. The van der Waals surface area contributed by atoms with Crippen LogP contribution in [0.3, 0.4) is 0 Å². The third kappa shape index (κ3) is 4.86. The Bertz CT molecular complexity index is 1350. The number of para-hydroxylation sites is 1. The summed E-state index contributed by atoms with van der Waals surface area (Å²) in [6, 6.07) is 13.7. The summed E-state index contributed by atoms with van der Waals surface area (Å²) in [4.78, 5) is 41.5. The molecule has 0 fully saturated rings. The van der Waals surface area contributed by atoms with Crippen LogP contribution in [0.15, 0.2) is 48.5 Å². The molecule has 1 atom stereocenters. The number of rotatable bonds is 9. The van der Waals surface area contributed by atoms with Crippen LogP contribution in [-0.2, 0) is 22.6 Å². The quantitative estimate of drug-likeness (QED) is 0.426. The summed E-state index contributed by atoms with van der Waals surface area (Å²) in [6.45, 7) is 3.63. The first-order valence-corrected chi connectivity index (χ1v) is 12.0. The lowest BCUT2D eigenvalue weighted by atomic mass is 9.93. The fourth-order valence-corrected chi connectivity index (χ4v) is 4.43. The maximum atomic E-state index is 13.9. The number of carbonyl (C=O) groups excluding carboxylic acids is 3. The number of hydrogen-bond donors (Lipinski definition) is 1. The van der Waals surface area contributed by atoms with Crippen LogP contribution in [0.4, 0.5) is 5.69 Å². The summed E-state index contributed by atoms with van der Waals surface area (Å²) >= 11 is 0. The van der Waals surface area contributed by atoms with Gasteiger partial charge in [0.1, 0.15) is 28.5 Å². The van der Waals surface area contributed by atoms with Crippen LogP contribution in [0.5, 0.6) is 17.2 Å². The number of anilines is 1. The molecule has 3 aromatic rings. The van der Waals surface area contributed by atoms with E-state index in [1.165, 1.54) is 29.9 Å². The van der Waals surface area contributed by atoms with Gasteiger partial charge in [0, 0.05) is 36.4 Å². The van der Waals surface area contributed by atoms with Crippen molar-refractivity contribution in [1.82, 2.24) is 15.1 Å². The number of fused-ring (bicyclic) bond motifs is 1. The van der Waals surface area contributed by atoms with Crippen molar-refractivity contribution in [2.45, 2.75) is 32.5 Å². The Morgan fingerprint density at radius 2 is 1.71 bits per heavy atom. The molecule has 0 saturated heterocycles. The summed E-state index contributed by atoms with van der Waals surface area (Å²) in [5.74, 6) is -0.105. The topological polar surface area (TPSA) is 121 Å². The van der Waals surface area contributed by atoms with Gasteiger partial charge in [-0.1, -0.05) is 18.2 Å². The Hall–Kier alpha value is -4.54. The van der Waals surface area contributed by atoms with Crippen LogP contribution >= 0.6 is 0 Å². The van der Waals surface area contributed by atoms with Gasteiger partial charge in [-0.2, -0.15) is 5.10 Å². The predicted octanol–water partition coefficient (Wildman–Crippen LogP) is 2.82. The number of aromatic nitrogens is 2. The Balaban J connectivity index is 1.78. The highest BCUT2D eigenvalue weighted by Crippen LogP contribution is 2.37. The number of hydrogen-bond acceptors (Lipinski definition) is 8. The molecule has 38 heavy (non-hydrogen) atoms. The minimum absolute atomic E-state index is 0.0166. The summed E-state index contributed by atoms with van der Waals surface area (Å²) < 4.78 is 22.6. The second-order valence-electron chi connectivity index (χ2n) is 8.77. The van der Waals surface area contributed by atoms with E-state index < -0.39 is 23.3 Å². The number of nitrogens with one attached hydrogen (secondary N) is 1. The zero-order valence-electron chi connectivity index (χ0n) is 21.9. The predicted molar refractivity (Wildman–Crippen MR) is 138 cm³/mol. The highest BCUT2D eigenvalue weighted by Gasteiger charge is 2.49. The average molecular weight is 523 g/mol. The van der Waals surface area contributed by atoms with E-state index in [0.717, 1.165) is 5.56 Å². The van der Waals surface area contributed by atoms with Crippen molar-refractivity contribution in [2.24, 2.45) is 0 Å². The Morgan fingerprint density at radius 1 is 1.03 bits per heavy atom. The maximum absolute atomic E-state index is 13.9. The van der Waals surface area contributed by atoms with Crippen molar-refractivity contribution < 1.29 is 33.3 Å². The first-order valence-electron chi connectivity index (χ1n) is 12.0. The molecule has 11 nitrogen and oxygen atoms in total. The third-order valence-electron chi connectivity index (χ3n) is 6.35. The molecule has 1 aromatic heterocycles. The third-order valence-corrected chi connectivity index (χ3v) is 6.35. The van der Waals surface area contributed by atoms with E-state index in [0.29, 0.717) is 22.9 Å². The van der Waals surface area contributed by atoms with E-state index >= 15 is 0 Å². The minimum Gasteiger partial charge on any atom is -0.497 e. The molecule has 0 bridgehead atoms. The summed E-state index contributed by atoms with van der Waals surface area (Å²) in [5, 5.41) is 7.22. The lowest BCUT2D eigenvalue weighted by Gasteiger charge is -2.43. The fraction of sp³-hybridized carbons (Fsp3) is 0.333. The molecular weight excluding hydrogens is 492 g/mol. The van der Waals surface area contributed by atoms with Crippen LogP contribution in [0.1, 0.15) is 40.4 Å². The Kier molecular flexibility index (Phi) is 7.56. The van der Waals surface area contributed by atoms with Crippen LogP contribution in [-0.4, -0.2) is 61.0 Å². The Labute approximate surface area is 220 Å². The highest BCUT2D eigenvalue weighted by molar-refractivity contribution is 6.12. The molecule has 1 aliphatic rings. The minimum atomic E-state index is -1.44. The molecular formula is C27H30N4O7. The van der Waals surface area contributed by atoms with Crippen LogP contribution in [0, 0.1) is 0 Å². The van der Waals surface area contributed by atoms with E-state index in [-0.39, 0.29) is 31.1 Å². The largest absolute Gasteiger partial charge is 0.497 e. The van der Waals surface area contributed by atoms with Gasteiger partial charge in [0.25, 0.3) is 5.91 Å². The van der Waals surface area contributed by atoms with Crippen molar-refractivity contribution in [3.8, 4) is 17.2 Å². The van der Waals surface area contributed by atoms with Crippen LogP contribution < -0.4 is 24.4 Å². The van der Waals surface area contributed by atoms with Gasteiger partial charge < -0.3 is 24.3 Å². The standard InChI is InChI=1S/C27H30N4O7/c1-6-38-25(33)21-14-22-24(32)31(18-11-19(35-3)13-20(12-18)36-4)27(2,16-30(22)29-21)26(34)28-15-17-9-7-8-10-23(17)37-5/h7-14H,6,15-16H2,1-5H3,(H,28,34)/t27-/m0/s1. The lowest BCUT2D eigenvalue weighted by Crippen LogP contribution is -2.64. The first kappa shape index (κ1) is 26.5. The van der Waals surface area contributed by atoms with E-state index in [4.69, 9.17) is 18.9 Å². The van der Waals surface area contributed by atoms with Gasteiger partial charge in [-0.3, -0.25) is 19.2 Å². The summed E-state index contributed by atoms with van der Waals surface area (Å²) in [6.07, 6.45) is 0. The molecule has 2 heterocycles. The van der Waals surface area contributed by atoms with Crippen molar-refractivity contribution in [2.75, 3.05) is 32.8 Å². The van der Waals surface area contributed by atoms with Crippen molar-refractivity contribution in [3.05, 3.63) is 65.5 Å². The molecule has 0 unspecified atom stereocenters. The van der Waals surface area contributed by atoms with Gasteiger partial charge in [0.2, 0.25) is 5.91 Å². The number of esters is 1. The van der Waals surface area contributed by atoms with Gasteiger partial charge in [0.15, 0.2) is 5.69 Å². The summed E-state index contributed by atoms with van der Waals surface area (Å²) in [5.41, 5.74) is -0.164. The van der Waals surface area contributed by atoms with Gasteiger partial charge >= 0.3 is 5.97 Å². The van der Waals surface area contributed by atoms with Gasteiger partial charge in [-0.05, 0) is 19.9 Å². The number of nitrogens with zero attached hydrogens (tertiary/aromatic N) is 3. The molecule has 4 rings (SSSR count). The molecule has 0 spiro atoms. The van der Waals surface area contributed by atoms with E-state index in [1.54, 1.807) is 45.2 Å². The van der Waals surface area contributed by atoms with E-state index in [1.807, 2.05) is 18.2 Å². The van der Waals surface area contributed by atoms with Gasteiger partial charge in [-0.15, -0.1) is 0 Å². The van der Waals surface area contributed by atoms with Crippen molar-refractivity contribution in [1.29, 1.82) is 0 Å². The molecule has 11 heteroatoms. The second-order valence-corrected chi connectivity index (χ2v) is 8.77. The number of benzene rings is 2. The van der Waals surface area contributed by atoms with Crippen molar-refractivity contribution in [3.63, 3.8) is 0 Å². The molecule has 2 aromatic carbocycles. The van der Waals surface area contributed by atoms with Crippen molar-refractivity contribution >= 4 is 23.5 Å². The van der Waals surface area contributed by atoms with Crippen LogP contribution in [0.25, 0.3) is 0 Å². The number of ether oxygens (including phenoxy) is 4. The summed E-state index contributed by atoms with van der Waals surface area (Å²) in [7, 11) is 4.55. The SMILES string of the molecule is CCOC(=O)c1cc2n(n1)C[C@@](C)(C(=O)NCc1ccccc1OC)N(c1cc(OC)cc(OC)c1)C2=O. The molecule has 0 saturated carbocycles. The fourth-order valence-electron chi connectivity index (χ4n) is 4.43. The average Bonchev–Trinajstić information content (AvgIpc) is 3.36. The van der Waals surface area contributed by atoms with Gasteiger partial charge in [-0.25, -0.2) is 4.79 Å². The smallest absolute Gasteiger partial charge is 0.358 e. The number of carbonyl (C=O) groups is 3. The maximum Gasteiger partial charge on any atom is 0.358 e. The van der Waals surface area contributed by atoms with Gasteiger partial charge in [0.05, 0.1) is 40.2 Å². The molecule has 200 valence electrons. The number of amides is 2. The monoisotopic (exact) mass is 522 g/mol. The molecule has 0 radical (unpaired) electrons. The second kappa shape index (κ2) is 10.8. The molecule has 2 amide bonds. The van der Waals surface area contributed by atoms with E-state index in [9.17, 15) is 14.4 Å². The van der Waals surface area contributed by atoms with E-state index in [2.05, 4.69) is 10.4 Å². The zero-order valence-corrected chi connectivity index (χ0v) is 21.9. The van der Waals surface area contributed by atoms with Crippen LogP contribution in [0.2, 0.25) is 0 Å². The molecule has 1 N–H and O–H groups in total. The Morgan fingerprint density at radius 3 is 2.34 bits per heavy atom. The zero-order chi connectivity index (χ0) is 27.4. The first-order chi connectivity index (χ1) is 18.2. The number of methoxy groups -OCH3 is 3. The lowest BCUT2D eigenvalue weighted by molar-refractivity contribution is -0.126.